The summed E-state index contributed by atoms with van der Waals surface area (Å²) in [5, 5.41) is 12.8. The fraction of sp³-hybridized carbons (Fsp3) is 0.625. The van der Waals surface area contributed by atoms with Crippen molar-refractivity contribution in [3.8, 4) is 5.88 Å². The van der Waals surface area contributed by atoms with E-state index >= 15 is 0 Å². The van der Waals surface area contributed by atoms with E-state index in [1.165, 1.54) is 6.07 Å². The number of pyridine rings is 1. The molecule has 2 N–H and O–H groups in total. The van der Waals surface area contributed by atoms with Gasteiger partial charge >= 0.3 is 6.18 Å². The molecule has 1 aromatic rings. The fourth-order valence-electron chi connectivity index (χ4n) is 2.44. The van der Waals surface area contributed by atoms with Crippen LogP contribution in [0, 0.1) is 0 Å². The lowest BCUT2D eigenvalue weighted by Crippen LogP contribution is -2.46. The van der Waals surface area contributed by atoms with Crippen molar-refractivity contribution >= 4 is 5.96 Å². The molecule has 6 nitrogen and oxygen atoms in total. The molecule has 2 rings (SSSR count). The van der Waals surface area contributed by atoms with Gasteiger partial charge in [0.05, 0.1) is 18.2 Å². The second kappa shape index (κ2) is 8.89. The Morgan fingerprint density at radius 2 is 2.12 bits per heavy atom. The van der Waals surface area contributed by atoms with Crippen LogP contribution in [0.4, 0.5) is 13.2 Å². The maximum Gasteiger partial charge on any atom is 0.417 e. The molecule has 0 unspecified atom stereocenters. The number of piperidine rings is 1. The van der Waals surface area contributed by atoms with E-state index in [4.69, 9.17) is 4.74 Å². The second-order valence-electron chi connectivity index (χ2n) is 5.69. The smallest absolute Gasteiger partial charge is 0.417 e. The first-order chi connectivity index (χ1) is 11.9. The third-order valence-electron chi connectivity index (χ3n) is 3.77. The third kappa shape index (κ3) is 6.08. The van der Waals surface area contributed by atoms with Gasteiger partial charge in [0, 0.05) is 31.9 Å². The number of hydrogen-bond acceptors (Lipinski definition) is 4. The number of hydrogen-bond donors (Lipinski definition) is 2. The van der Waals surface area contributed by atoms with Gasteiger partial charge in [-0.1, -0.05) is 0 Å². The summed E-state index contributed by atoms with van der Waals surface area (Å²) in [5.74, 6) is 0.882. The average Bonchev–Trinajstić information content (AvgIpc) is 2.58. The minimum Gasteiger partial charge on any atom is -0.476 e. The molecule has 1 aliphatic rings. The minimum absolute atomic E-state index is 0.134. The van der Waals surface area contributed by atoms with E-state index in [9.17, 15) is 18.3 Å². The number of nitrogens with one attached hydrogen (secondary N) is 1. The zero-order valence-corrected chi connectivity index (χ0v) is 14.1. The Hall–Kier alpha value is -2.03. The molecule has 0 radical (unpaired) electrons. The first-order valence-corrected chi connectivity index (χ1v) is 8.27. The summed E-state index contributed by atoms with van der Waals surface area (Å²) < 4.78 is 42.7. The van der Waals surface area contributed by atoms with Crippen LogP contribution in [0.2, 0.25) is 0 Å². The maximum atomic E-state index is 12.5. The summed E-state index contributed by atoms with van der Waals surface area (Å²) in [5.41, 5.74) is -0.806. The predicted octanol–water partition coefficient (Wildman–Crippen LogP) is 1.90. The molecule has 0 aromatic carbocycles. The number of aliphatic hydroxyl groups is 1. The molecule has 0 amide bonds. The van der Waals surface area contributed by atoms with Crippen molar-refractivity contribution in [1.29, 1.82) is 0 Å². The van der Waals surface area contributed by atoms with Gasteiger partial charge in [0.2, 0.25) is 5.88 Å². The summed E-state index contributed by atoms with van der Waals surface area (Å²) in [7, 11) is 0. The minimum atomic E-state index is -4.40. The number of alkyl halides is 3. The van der Waals surface area contributed by atoms with Gasteiger partial charge in [0.25, 0.3) is 0 Å². The molecule has 140 valence electrons. The van der Waals surface area contributed by atoms with Gasteiger partial charge < -0.3 is 20.1 Å². The topological polar surface area (TPSA) is 70.0 Å². The SMILES string of the molecule is CCNC(=NCCOc1ccc(C(F)(F)F)cn1)N1CCC(O)CC1. The van der Waals surface area contributed by atoms with E-state index < -0.39 is 11.7 Å². The number of nitrogens with zero attached hydrogens (tertiary/aromatic N) is 3. The summed E-state index contributed by atoms with van der Waals surface area (Å²) in [6, 6.07) is 2.14. The van der Waals surface area contributed by atoms with Crippen molar-refractivity contribution in [2.75, 3.05) is 32.8 Å². The number of aliphatic imine (C=N–C) groups is 1. The van der Waals surface area contributed by atoms with Crippen LogP contribution in [0.15, 0.2) is 23.3 Å². The van der Waals surface area contributed by atoms with Crippen molar-refractivity contribution in [1.82, 2.24) is 15.2 Å². The molecule has 0 bridgehead atoms. The van der Waals surface area contributed by atoms with Crippen LogP contribution in [0.1, 0.15) is 25.3 Å². The van der Waals surface area contributed by atoms with Crippen molar-refractivity contribution in [2.45, 2.75) is 32.0 Å². The molecular weight excluding hydrogens is 337 g/mol. The van der Waals surface area contributed by atoms with Crippen LogP contribution < -0.4 is 10.1 Å². The predicted molar refractivity (Wildman–Crippen MR) is 87.5 cm³/mol. The van der Waals surface area contributed by atoms with Gasteiger partial charge in [0.15, 0.2) is 5.96 Å². The Balaban J connectivity index is 1.83. The molecular formula is C16H23F3N4O2. The third-order valence-corrected chi connectivity index (χ3v) is 3.77. The highest BCUT2D eigenvalue weighted by Gasteiger charge is 2.30. The van der Waals surface area contributed by atoms with Gasteiger partial charge in [-0.3, -0.25) is 0 Å². The Labute approximate surface area is 144 Å². The summed E-state index contributed by atoms with van der Waals surface area (Å²) in [6.07, 6.45) is -2.50. The average molecular weight is 360 g/mol. The first-order valence-electron chi connectivity index (χ1n) is 8.27. The van der Waals surface area contributed by atoms with Crippen LogP contribution in [0.25, 0.3) is 0 Å². The molecule has 25 heavy (non-hydrogen) atoms. The molecule has 0 spiro atoms. The monoisotopic (exact) mass is 360 g/mol. The summed E-state index contributed by atoms with van der Waals surface area (Å²) in [4.78, 5) is 10.2. The number of aliphatic hydroxyl groups excluding tert-OH is 1. The Bertz CT molecular complexity index is 555. The van der Waals surface area contributed by atoms with Crippen molar-refractivity contribution in [3.63, 3.8) is 0 Å². The number of rotatable bonds is 5. The summed E-state index contributed by atoms with van der Waals surface area (Å²) in [6.45, 7) is 4.71. The molecule has 0 atom stereocenters. The quantitative estimate of drug-likeness (QED) is 0.477. The summed E-state index contributed by atoms with van der Waals surface area (Å²) >= 11 is 0. The maximum absolute atomic E-state index is 12.5. The van der Waals surface area contributed by atoms with Crippen LogP contribution in [-0.2, 0) is 6.18 Å². The Morgan fingerprint density at radius 3 is 2.68 bits per heavy atom. The largest absolute Gasteiger partial charge is 0.476 e. The molecule has 1 aliphatic heterocycles. The fourth-order valence-corrected chi connectivity index (χ4v) is 2.44. The van der Waals surface area contributed by atoms with E-state index in [-0.39, 0.29) is 18.6 Å². The number of likely N-dealkylation sites (tertiary alicyclic amines) is 1. The van der Waals surface area contributed by atoms with E-state index in [0.717, 1.165) is 37.9 Å². The molecule has 0 aliphatic carbocycles. The highest BCUT2D eigenvalue weighted by molar-refractivity contribution is 5.80. The van der Waals surface area contributed by atoms with E-state index in [2.05, 4.69) is 20.2 Å². The molecule has 9 heteroatoms. The normalized spacial score (nSPS) is 16.8. The number of guanidine groups is 1. The van der Waals surface area contributed by atoms with Gasteiger partial charge in [-0.2, -0.15) is 13.2 Å². The highest BCUT2D eigenvalue weighted by Crippen LogP contribution is 2.29. The number of ether oxygens (including phenoxy) is 1. The lowest BCUT2D eigenvalue weighted by molar-refractivity contribution is -0.137. The van der Waals surface area contributed by atoms with Gasteiger partial charge in [-0.25, -0.2) is 9.98 Å². The van der Waals surface area contributed by atoms with E-state index in [1.54, 1.807) is 0 Å². The molecule has 1 aromatic heterocycles. The lowest BCUT2D eigenvalue weighted by Gasteiger charge is -2.32. The van der Waals surface area contributed by atoms with Crippen LogP contribution >= 0.6 is 0 Å². The first kappa shape index (κ1) is 19.3. The van der Waals surface area contributed by atoms with Gasteiger partial charge in [0.1, 0.15) is 6.61 Å². The van der Waals surface area contributed by atoms with Crippen molar-refractivity contribution in [3.05, 3.63) is 23.9 Å². The lowest BCUT2D eigenvalue weighted by atomic mass is 10.1. The zero-order chi connectivity index (χ0) is 18.3. The second-order valence-corrected chi connectivity index (χ2v) is 5.69. The zero-order valence-electron chi connectivity index (χ0n) is 14.1. The van der Waals surface area contributed by atoms with Crippen LogP contribution in [0.3, 0.4) is 0 Å². The molecule has 0 saturated carbocycles. The van der Waals surface area contributed by atoms with Gasteiger partial charge in [-0.15, -0.1) is 0 Å². The standard InChI is InChI=1S/C16H23F3N4O2/c1-2-20-15(23-8-5-13(24)6-9-23)21-7-10-25-14-4-3-12(11-22-14)16(17,18)19/h3-4,11,13,24H,2,5-10H2,1H3,(H,20,21). The molecule has 1 fully saturated rings. The molecule has 2 heterocycles. The highest BCUT2D eigenvalue weighted by atomic mass is 19.4. The van der Waals surface area contributed by atoms with Crippen molar-refractivity contribution < 1.29 is 23.0 Å². The van der Waals surface area contributed by atoms with Crippen LogP contribution in [0.5, 0.6) is 5.88 Å². The number of aromatic nitrogens is 1. The Morgan fingerprint density at radius 1 is 1.40 bits per heavy atom. The molecule has 1 saturated heterocycles. The number of halogens is 3. The Kier molecular flexibility index (Phi) is 6.86. The van der Waals surface area contributed by atoms with E-state index in [0.29, 0.717) is 19.4 Å². The van der Waals surface area contributed by atoms with Crippen LogP contribution in [-0.4, -0.2) is 59.8 Å². The van der Waals surface area contributed by atoms with Gasteiger partial charge in [-0.05, 0) is 25.8 Å². The van der Waals surface area contributed by atoms with E-state index in [1.807, 2.05) is 6.92 Å². The van der Waals surface area contributed by atoms with Crippen molar-refractivity contribution in [2.24, 2.45) is 4.99 Å².